The van der Waals surface area contributed by atoms with E-state index in [-0.39, 0.29) is 11.9 Å². The number of aromatic amines is 1. The van der Waals surface area contributed by atoms with Gasteiger partial charge in [0.15, 0.2) is 11.5 Å². The van der Waals surface area contributed by atoms with Gasteiger partial charge < -0.3 is 19.8 Å². The van der Waals surface area contributed by atoms with Crippen LogP contribution in [-0.4, -0.2) is 25.1 Å². The van der Waals surface area contributed by atoms with Gasteiger partial charge in [-0.1, -0.05) is 12.1 Å². The second-order valence-electron chi connectivity index (χ2n) is 5.98. The predicted octanol–water partition coefficient (Wildman–Crippen LogP) is 3.61. The first-order chi connectivity index (χ1) is 12.1. The maximum atomic E-state index is 12.4. The number of rotatable bonds is 6. The Bertz CT molecular complexity index is 886. The van der Waals surface area contributed by atoms with Crippen LogP contribution in [0.3, 0.4) is 0 Å². The summed E-state index contributed by atoms with van der Waals surface area (Å²) in [6, 6.07) is 13.5. The second kappa shape index (κ2) is 7.30. The zero-order valence-electron chi connectivity index (χ0n) is 14.6. The lowest BCUT2D eigenvalue weighted by Gasteiger charge is -2.16. The van der Waals surface area contributed by atoms with Gasteiger partial charge in [0.05, 0.1) is 26.7 Å². The lowest BCUT2D eigenvalue weighted by Crippen LogP contribution is -2.28. The number of H-pyrrole nitrogens is 1. The molecule has 0 spiro atoms. The van der Waals surface area contributed by atoms with E-state index >= 15 is 0 Å². The Morgan fingerprint density at radius 3 is 2.64 bits per heavy atom. The first kappa shape index (κ1) is 16.9. The van der Waals surface area contributed by atoms with E-state index in [0.29, 0.717) is 17.9 Å². The van der Waals surface area contributed by atoms with Crippen LogP contribution in [0.5, 0.6) is 11.5 Å². The number of aromatic nitrogens is 1. The van der Waals surface area contributed by atoms with Crippen molar-refractivity contribution in [1.82, 2.24) is 10.3 Å². The Kier molecular flexibility index (Phi) is 4.93. The molecule has 1 aromatic heterocycles. The third-order valence-corrected chi connectivity index (χ3v) is 4.27. The number of hydrogen-bond acceptors (Lipinski definition) is 3. The van der Waals surface area contributed by atoms with E-state index in [1.54, 1.807) is 14.2 Å². The number of benzene rings is 2. The molecule has 0 aliphatic rings. The van der Waals surface area contributed by atoms with E-state index in [1.807, 2.05) is 55.6 Å². The molecule has 5 heteroatoms. The molecular formula is C20H22N2O3. The highest BCUT2D eigenvalue weighted by Gasteiger charge is 2.13. The van der Waals surface area contributed by atoms with Crippen LogP contribution in [0.15, 0.2) is 48.7 Å². The largest absolute Gasteiger partial charge is 0.493 e. The zero-order chi connectivity index (χ0) is 17.8. The predicted molar refractivity (Wildman–Crippen MR) is 98.1 cm³/mol. The van der Waals surface area contributed by atoms with Gasteiger partial charge >= 0.3 is 0 Å². The first-order valence-corrected chi connectivity index (χ1v) is 8.18. The molecule has 0 aliphatic carbocycles. The molecule has 1 heterocycles. The van der Waals surface area contributed by atoms with Crippen LogP contribution in [0.4, 0.5) is 0 Å². The minimum atomic E-state index is -0.122. The summed E-state index contributed by atoms with van der Waals surface area (Å²) in [6.45, 7) is 1.95. The van der Waals surface area contributed by atoms with Crippen LogP contribution in [-0.2, 0) is 11.2 Å². The standard InChI is InChI=1S/C20H22N2O3/c1-13(15-5-7-18(24-2)19(12-15)25-3)22-20(23)11-14-4-6-17-16(10-14)8-9-21-17/h4-10,12-13,21H,11H2,1-3H3,(H,22,23). The minimum Gasteiger partial charge on any atom is -0.493 e. The molecule has 2 aromatic carbocycles. The van der Waals surface area contributed by atoms with Crippen molar-refractivity contribution in [3.05, 3.63) is 59.8 Å². The van der Waals surface area contributed by atoms with Crippen molar-refractivity contribution in [2.75, 3.05) is 14.2 Å². The van der Waals surface area contributed by atoms with Crippen LogP contribution in [0.1, 0.15) is 24.1 Å². The van der Waals surface area contributed by atoms with Crippen molar-refractivity contribution >= 4 is 16.8 Å². The lowest BCUT2D eigenvalue weighted by molar-refractivity contribution is -0.121. The molecular weight excluding hydrogens is 316 g/mol. The maximum Gasteiger partial charge on any atom is 0.224 e. The van der Waals surface area contributed by atoms with Gasteiger partial charge in [0.1, 0.15) is 0 Å². The summed E-state index contributed by atoms with van der Waals surface area (Å²) in [5.74, 6) is 1.31. The Labute approximate surface area is 147 Å². The Balaban J connectivity index is 1.67. The number of hydrogen-bond donors (Lipinski definition) is 2. The highest BCUT2D eigenvalue weighted by atomic mass is 16.5. The third-order valence-electron chi connectivity index (χ3n) is 4.27. The van der Waals surface area contributed by atoms with Gasteiger partial charge in [0.25, 0.3) is 0 Å². The van der Waals surface area contributed by atoms with Crippen molar-refractivity contribution in [2.45, 2.75) is 19.4 Å². The number of fused-ring (bicyclic) bond motifs is 1. The number of amides is 1. The van der Waals surface area contributed by atoms with Crippen LogP contribution < -0.4 is 14.8 Å². The molecule has 1 atom stereocenters. The second-order valence-corrected chi connectivity index (χ2v) is 5.98. The number of carbonyl (C=O) groups excluding carboxylic acids is 1. The summed E-state index contributed by atoms with van der Waals surface area (Å²) in [4.78, 5) is 15.5. The summed E-state index contributed by atoms with van der Waals surface area (Å²) < 4.78 is 10.6. The van der Waals surface area contributed by atoms with Crippen molar-refractivity contribution in [3.63, 3.8) is 0 Å². The summed E-state index contributed by atoms with van der Waals surface area (Å²) in [7, 11) is 3.20. The Morgan fingerprint density at radius 1 is 1.08 bits per heavy atom. The molecule has 130 valence electrons. The molecule has 0 saturated carbocycles. The minimum absolute atomic E-state index is 0.0165. The van der Waals surface area contributed by atoms with Gasteiger partial charge in [0.2, 0.25) is 5.91 Å². The average Bonchev–Trinajstić information content (AvgIpc) is 3.08. The van der Waals surface area contributed by atoms with Crippen LogP contribution in [0.2, 0.25) is 0 Å². The van der Waals surface area contributed by atoms with E-state index in [4.69, 9.17) is 9.47 Å². The highest BCUT2D eigenvalue weighted by molar-refractivity contribution is 5.83. The molecule has 1 unspecified atom stereocenters. The molecule has 0 bridgehead atoms. The van der Waals surface area contributed by atoms with E-state index in [1.165, 1.54) is 0 Å². The fraction of sp³-hybridized carbons (Fsp3) is 0.250. The van der Waals surface area contributed by atoms with Crippen LogP contribution >= 0.6 is 0 Å². The number of carbonyl (C=O) groups is 1. The molecule has 3 rings (SSSR count). The van der Waals surface area contributed by atoms with Crippen molar-refractivity contribution in [1.29, 1.82) is 0 Å². The summed E-state index contributed by atoms with van der Waals surface area (Å²) in [5.41, 5.74) is 3.03. The zero-order valence-corrected chi connectivity index (χ0v) is 14.6. The van der Waals surface area contributed by atoms with Gasteiger partial charge in [-0.15, -0.1) is 0 Å². The van der Waals surface area contributed by atoms with E-state index < -0.39 is 0 Å². The topological polar surface area (TPSA) is 63.3 Å². The molecule has 0 saturated heterocycles. The Hall–Kier alpha value is -2.95. The first-order valence-electron chi connectivity index (χ1n) is 8.18. The van der Waals surface area contributed by atoms with Gasteiger partial charge in [-0.25, -0.2) is 0 Å². The van der Waals surface area contributed by atoms with Crippen LogP contribution in [0, 0.1) is 0 Å². The van der Waals surface area contributed by atoms with Crippen molar-refractivity contribution < 1.29 is 14.3 Å². The smallest absolute Gasteiger partial charge is 0.224 e. The molecule has 3 aromatic rings. The fourth-order valence-corrected chi connectivity index (χ4v) is 2.90. The van der Waals surface area contributed by atoms with Gasteiger partial charge in [0, 0.05) is 11.7 Å². The summed E-state index contributed by atoms with van der Waals surface area (Å²) in [5, 5.41) is 4.14. The van der Waals surface area contributed by atoms with E-state index in [0.717, 1.165) is 22.0 Å². The van der Waals surface area contributed by atoms with Gasteiger partial charge in [-0.3, -0.25) is 4.79 Å². The molecule has 25 heavy (non-hydrogen) atoms. The SMILES string of the molecule is COc1ccc(C(C)NC(=O)Cc2ccc3[nH]ccc3c2)cc1OC. The highest BCUT2D eigenvalue weighted by Crippen LogP contribution is 2.29. The fourth-order valence-electron chi connectivity index (χ4n) is 2.90. The average molecular weight is 338 g/mol. The Morgan fingerprint density at radius 2 is 1.88 bits per heavy atom. The van der Waals surface area contributed by atoms with E-state index in [2.05, 4.69) is 10.3 Å². The lowest BCUT2D eigenvalue weighted by atomic mass is 10.1. The number of nitrogens with one attached hydrogen (secondary N) is 2. The van der Waals surface area contributed by atoms with Crippen molar-refractivity contribution in [3.8, 4) is 11.5 Å². The quantitative estimate of drug-likeness (QED) is 0.722. The number of methoxy groups -OCH3 is 2. The maximum absolute atomic E-state index is 12.4. The molecule has 0 aliphatic heterocycles. The molecule has 0 radical (unpaired) electrons. The summed E-state index contributed by atoms with van der Waals surface area (Å²) in [6.07, 6.45) is 2.24. The molecule has 0 fully saturated rings. The van der Waals surface area contributed by atoms with E-state index in [9.17, 15) is 4.79 Å². The molecule has 5 nitrogen and oxygen atoms in total. The summed E-state index contributed by atoms with van der Waals surface area (Å²) >= 11 is 0. The number of ether oxygens (including phenoxy) is 2. The van der Waals surface area contributed by atoms with Gasteiger partial charge in [-0.05, 0) is 53.8 Å². The third kappa shape index (κ3) is 3.76. The monoisotopic (exact) mass is 338 g/mol. The molecule has 1 amide bonds. The van der Waals surface area contributed by atoms with Gasteiger partial charge in [-0.2, -0.15) is 0 Å². The van der Waals surface area contributed by atoms with Crippen LogP contribution in [0.25, 0.3) is 10.9 Å². The normalized spacial score (nSPS) is 12.0. The van der Waals surface area contributed by atoms with Crippen molar-refractivity contribution in [2.24, 2.45) is 0 Å². The molecule has 2 N–H and O–H groups in total.